The van der Waals surface area contributed by atoms with E-state index < -0.39 is 5.82 Å². The van der Waals surface area contributed by atoms with Crippen LogP contribution in [0.1, 0.15) is 15.9 Å². The summed E-state index contributed by atoms with van der Waals surface area (Å²) in [5.74, 6) is -0.281. The Morgan fingerprint density at radius 3 is 2.88 bits per heavy atom. The molecule has 122 valence electrons. The summed E-state index contributed by atoms with van der Waals surface area (Å²) in [6, 6.07) is 9.45. The molecule has 2 aromatic heterocycles. The Hall–Kier alpha value is -2.67. The van der Waals surface area contributed by atoms with Gasteiger partial charge >= 0.3 is 0 Å². The second-order valence-electron chi connectivity index (χ2n) is 4.88. The molecule has 24 heavy (non-hydrogen) atoms. The number of aromatic nitrogens is 1. The summed E-state index contributed by atoms with van der Waals surface area (Å²) in [7, 11) is 0. The number of amides is 1. The predicted octanol–water partition coefficient (Wildman–Crippen LogP) is 4.30. The van der Waals surface area contributed by atoms with Crippen LogP contribution in [0.25, 0.3) is 0 Å². The summed E-state index contributed by atoms with van der Waals surface area (Å²) in [6.45, 7) is 0.186. The minimum Gasteiger partial charge on any atom is -0.457 e. The van der Waals surface area contributed by atoms with Gasteiger partial charge in [0, 0.05) is 18.8 Å². The van der Waals surface area contributed by atoms with E-state index in [1.54, 1.807) is 30.5 Å². The van der Waals surface area contributed by atoms with Crippen LogP contribution < -0.4 is 10.1 Å². The van der Waals surface area contributed by atoms with Crippen molar-refractivity contribution in [3.05, 3.63) is 76.7 Å². The molecule has 0 radical (unpaired) electrons. The van der Waals surface area contributed by atoms with Crippen LogP contribution in [0.4, 0.5) is 4.39 Å². The third-order valence-electron chi connectivity index (χ3n) is 3.14. The number of ether oxygens (including phenoxy) is 1. The number of hydrogen-bond acceptors (Lipinski definition) is 4. The molecular weight excluding hydrogens is 379 g/mol. The highest BCUT2D eigenvalue weighted by atomic mass is 79.9. The number of benzene rings is 1. The second-order valence-corrected chi connectivity index (χ2v) is 5.66. The van der Waals surface area contributed by atoms with Gasteiger partial charge in [-0.25, -0.2) is 4.39 Å². The number of pyridine rings is 1. The van der Waals surface area contributed by atoms with Crippen LogP contribution in [-0.4, -0.2) is 10.9 Å². The van der Waals surface area contributed by atoms with E-state index in [4.69, 9.17) is 9.15 Å². The molecule has 0 aliphatic heterocycles. The number of nitrogens with one attached hydrogen (secondary N) is 1. The molecular formula is C17H12BrFN2O3. The van der Waals surface area contributed by atoms with Gasteiger partial charge in [-0.1, -0.05) is 6.07 Å². The first-order chi connectivity index (χ1) is 11.6. The topological polar surface area (TPSA) is 64.4 Å². The fourth-order valence-corrected chi connectivity index (χ4v) is 2.33. The van der Waals surface area contributed by atoms with Crippen molar-refractivity contribution in [1.29, 1.82) is 0 Å². The average molecular weight is 391 g/mol. The Balaban J connectivity index is 1.63. The number of nitrogens with zero attached hydrogens (tertiary/aromatic N) is 1. The summed E-state index contributed by atoms with van der Waals surface area (Å²) < 4.78 is 25.0. The lowest BCUT2D eigenvalue weighted by molar-refractivity contribution is 0.0950. The summed E-state index contributed by atoms with van der Waals surface area (Å²) in [5.41, 5.74) is 1.00. The largest absolute Gasteiger partial charge is 0.457 e. The smallest absolute Gasteiger partial charge is 0.254 e. The summed E-state index contributed by atoms with van der Waals surface area (Å²) in [4.78, 5) is 15.8. The fourth-order valence-electron chi connectivity index (χ4n) is 1.99. The molecule has 0 unspecified atom stereocenters. The minimum absolute atomic E-state index is 0.0943. The van der Waals surface area contributed by atoms with Crippen LogP contribution in [0.15, 0.2) is 64.1 Å². The number of rotatable bonds is 5. The zero-order valence-corrected chi connectivity index (χ0v) is 13.9. The molecule has 2 heterocycles. The normalized spacial score (nSPS) is 10.4. The molecule has 1 N–H and O–H groups in total. The van der Waals surface area contributed by atoms with E-state index in [-0.39, 0.29) is 18.2 Å². The molecule has 0 spiro atoms. The van der Waals surface area contributed by atoms with Gasteiger partial charge in [-0.15, -0.1) is 0 Å². The third kappa shape index (κ3) is 3.99. The van der Waals surface area contributed by atoms with Gasteiger partial charge in [0.25, 0.3) is 5.91 Å². The molecule has 3 rings (SSSR count). The van der Waals surface area contributed by atoms with Gasteiger partial charge in [0.15, 0.2) is 16.2 Å². The number of halogens is 2. The van der Waals surface area contributed by atoms with Crippen molar-refractivity contribution in [2.24, 2.45) is 0 Å². The van der Waals surface area contributed by atoms with E-state index in [1.807, 2.05) is 0 Å². The number of carbonyl (C=O) groups excluding carboxylic acids is 1. The molecule has 3 aromatic rings. The van der Waals surface area contributed by atoms with E-state index in [1.165, 1.54) is 24.6 Å². The Labute approximate surface area is 145 Å². The van der Waals surface area contributed by atoms with Crippen molar-refractivity contribution in [2.75, 3.05) is 0 Å². The molecule has 0 saturated heterocycles. The maximum Gasteiger partial charge on any atom is 0.254 e. The second kappa shape index (κ2) is 7.27. The zero-order valence-electron chi connectivity index (χ0n) is 12.3. The lowest BCUT2D eigenvalue weighted by Crippen LogP contribution is -2.22. The maximum atomic E-state index is 14.1. The van der Waals surface area contributed by atoms with Gasteiger partial charge in [0.1, 0.15) is 12.0 Å². The van der Waals surface area contributed by atoms with Crippen LogP contribution >= 0.6 is 15.9 Å². The molecule has 0 aliphatic rings. The quantitative estimate of drug-likeness (QED) is 0.705. The first-order valence-corrected chi connectivity index (χ1v) is 7.79. The molecule has 0 fully saturated rings. The number of hydrogen-bond donors (Lipinski definition) is 1. The maximum absolute atomic E-state index is 14.1. The van der Waals surface area contributed by atoms with E-state index in [2.05, 4.69) is 26.2 Å². The van der Waals surface area contributed by atoms with E-state index >= 15 is 0 Å². The highest BCUT2D eigenvalue weighted by Gasteiger charge is 2.10. The third-order valence-corrected chi connectivity index (χ3v) is 3.56. The van der Waals surface area contributed by atoms with Crippen molar-refractivity contribution in [2.45, 2.75) is 6.54 Å². The van der Waals surface area contributed by atoms with Crippen LogP contribution in [0, 0.1) is 5.82 Å². The van der Waals surface area contributed by atoms with E-state index in [0.29, 0.717) is 21.5 Å². The van der Waals surface area contributed by atoms with Crippen LogP contribution in [0.5, 0.6) is 11.5 Å². The Morgan fingerprint density at radius 2 is 2.21 bits per heavy atom. The van der Waals surface area contributed by atoms with Crippen LogP contribution in [0.2, 0.25) is 0 Å². The van der Waals surface area contributed by atoms with E-state index in [9.17, 15) is 9.18 Å². The van der Waals surface area contributed by atoms with Crippen molar-refractivity contribution in [3.63, 3.8) is 0 Å². The molecule has 0 bridgehead atoms. The Bertz CT molecular complexity index is 852. The van der Waals surface area contributed by atoms with E-state index in [0.717, 1.165) is 0 Å². The van der Waals surface area contributed by atoms with Gasteiger partial charge in [-0.2, -0.15) is 0 Å². The lowest BCUT2D eigenvalue weighted by Gasteiger charge is -2.08. The molecule has 1 aromatic carbocycles. The molecule has 0 saturated carbocycles. The van der Waals surface area contributed by atoms with Gasteiger partial charge in [-0.05, 0) is 45.8 Å². The van der Waals surface area contributed by atoms with Crippen molar-refractivity contribution in [3.8, 4) is 11.5 Å². The minimum atomic E-state index is -0.517. The number of furan rings is 1. The summed E-state index contributed by atoms with van der Waals surface area (Å²) in [5, 5.41) is 2.69. The highest BCUT2D eigenvalue weighted by Crippen LogP contribution is 2.24. The van der Waals surface area contributed by atoms with Gasteiger partial charge in [0.05, 0.1) is 11.8 Å². The SMILES string of the molecule is O=C(NCc1ccc(Oc2cccnc2)c(F)c1)c1coc(Br)c1. The molecule has 0 atom stereocenters. The van der Waals surface area contributed by atoms with Gasteiger partial charge in [0.2, 0.25) is 0 Å². The zero-order chi connectivity index (χ0) is 16.9. The first kappa shape index (κ1) is 16.2. The number of carbonyl (C=O) groups is 1. The standard InChI is InChI=1S/C17H12BrFN2O3/c18-16-7-12(10-23-16)17(22)21-8-11-3-4-15(14(19)6-11)24-13-2-1-5-20-9-13/h1-7,9-10H,8H2,(H,21,22). The van der Waals surface area contributed by atoms with Gasteiger partial charge < -0.3 is 14.5 Å². The Kier molecular flexibility index (Phi) is 4.90. The summed E-state index contributed by atoms with van der Waals surface area (Å²) >= 11 is 3.13. The lowest BCUT2D eigenvalue weighted by atomic mass is 10.2. The van der Waals surface area contributed by atoms with Crippen LogP contribution in [0.3, 0.4) is 0 Å². The van der Waals surface area contributed by atoms with Crippen LogP contribution in [-0.2, 0) is 6.54 Å². The molecule has 5 nitrogen and oxygen atoms in total. The summed E-state index contributed by atoms with van der Waals surface area (Å²) in [6.07, 6.45) is 4.44. The van der Waals surface area contributed by atoms with Crippen molar-refractivity contribution in [1.82, 2.24) is 10.3 Å². The fraction of sp³-hybridized carbons (Fsp3) is 0.0588. The molecule has 0 aliphatic carbocycles. The Morgan fingerprint density at radius 1 is 1.33 bits per heavy atom. The molecule has 7 heteroatoms. The van der Waals surface area contributed by atoms with Gasteiger partial charge in [-0.3, -0.25) is 9.78 Å². The predicted molar refractivity (Wildman–Crippen MR) is 88.3 cm³/mol. The monoisotopic (exact) mass is 390 g/mol. The van der Waals surface area contributed by atoms with Crippen molar-refractivity contribution >= 4 is 21.8 Å². The average Bonchev–Trinajstić information content (AvgIpc) is 3.02. The highest BCUT2D eigenvalue weighted by molar-refractivity contribution is 9.10. The van der Waals surface area contributed by atoms with Crippen molar-refractivity contribution < 1.29 is 18.3 Å². The first-order valence-electron chi connectivity index (χ1n) is 7.00. The molecule has 1 amide bonds.